The van der Waals surface area contributed by atoms with E-state index in [-0.39, 0.29) is 11.1 Å². The summed E-state index contributed by atoms with van der Waals surface area (Å²) in [7, 11) is 1.62. The number of benzene rings is 3. The van der Waals surface area contributed by atoms with Crippen molar-refractivity contribution in [2.45, 2.75) is 25.7 Å². The monoisotopic (exact) mass is 628 g/mol. The van der Waals surface area contributed by atoms with Crippen LogP contribution in [0.5, 0.6) is 11.5 Å². The van der Waals surface area contributed by atoms with Crippen LogP contribution in [0, 0.1) is 0 Å². The summed E-state index contributed by atoms with van der Waals surface area (Å²) >= 11 is 0.968. The third-order valence-electron chi connectivity index (χ3n) is 7.96. The molecule has 4 aromatic rings. The number of tetrazole rings is 1. The first-order valence-electron chi connectivity index (χ1n) is 15.2. The quantitative estimate of drug-likeness (QED) is 0.156. The fourth-order valence-corrected chi connectivity index (χ4v) is 6.41. The average Bonchev–Trinajstić information content (AvgIpc) is 3.68. The predicted octanol–water partition coefficient (Wildman–Crippen LogP) is 5.19. The predicted molar refractivity (Wildman–Crippen MR) is 173 cm³/mol. The van der Waals surface area contributed by atoms with Gasteiger partial charge in [-0.1, -0.05) is 48.0 Å². The molecule has 1 aromatic heterocycles. The number of hydrogen-bond acceptors (Lipinski definition) is 10. The van der Waals surface area contributed by atoms with Gasteiger partial charge in [0, 0.05) is 38.2 Å². The molecule has 2 amide bonds. The number of methoxy groups -OCH3 is 1. The van der Waals surface area contributed by atoms with Crippen molar-refractivity contribution in [3.8, 4) is 22.6 Å². The maximum absolute atomic E-state index is 13.3. The zero-order valence-electron chi connectivity index (χ0n) is 25.2. The smallest absolute Gasteiger partial charge is 0.293 e. The van der Waals surface area contributed by atoms with Crippen LogP contribution < -0.4 is 9.47 Å². The fourth-order valence-electron chi connectivity index (χ4n) is 5.54. The molecule has 12 heteroatoms. The van der Waals surface area contributed by atoms with Crippen LogP contribution in [-0.4, -0.2) is 94.7 Å². The van der Waals surface area contributed by atoms with E-state index in [1.165, 1.54) is 4.90 Å². The third-order valence-corrected chi connectivity index (χ3v) is 8.87. The van der Waals surface area contributed by atoms with Gasteiger partial charge in [0.25, 0.3) is 11.1 Å². The molecule has 0 atom stereocenters. The highest BCUT2D eigenvalue weighted by Crippen LogP contribution is 2.42. The van der Waals surface area contributed by atoms with Crippen molar-refractivity contribution < 1.29 is 23.8 Å². The second-order valence-electron chi connectivity index (χ2n) is 10.9. The van der Waals surface area contributed by atoms with Gasteiger partial charge in [-0.15, -0.1) is 10.2 Å². The summed E-state index contributed by atoms with van der Waals surface area (Å²) in [4.78, 5) is 30.2. The van der Waals surface area contributed by atoms with Gasteiger partial charge in [-0.25, -0.2) is 0 Å². The van der Waals surface area contributed by atoms with Gasteiger partial charge in [0.05, 0.1) is 25.2 Å². The van der Waals surface area contributed by atoms with Crippen LogP contribution in [0.1, 0.15) is 30.7 Å². The van der Waals surface area contributed by atoms with Gasteiger partial charge in [0.1, 0.15) is 6.61 Å². The standard InChI is InChI=1S/C33H36N6O5S/c1-42-28-20-23(21-29-32(40)39(33(41)45-29)12-6-2-3-9-30-34-36-37-35-30)19-27(26-11-10-24-7-4-5-8-25(24)22-26)31(28)44-18-15-38-13-16-43-17-14-38/h4-5,7-8,10-11,19-22H,2-3,6,9,12-18H2,1H3,(H,34,35,36,37). The molecule has 45 heavy (non-hydrogen) atoms. The number of carbonyl (C=O) groups excluding carboxylic acids is 2. The Hall–Kier alpha value is -4.26. The molecule has 0 radical (unpaired) electrons. The molecule has 6 rings (SSSR count). The van der Waals surface area contributed by atoms with Crippen LogP contribution in [0.25, 0.3) is 28.0 Å². The zero-order chi connectivity index (χ0) is 31.0. The molecular weight excluding hydrogens is 592 g/mol. The number of amides is 2. The molecule has 0 aliphatic carbocycles. The van der Waals surface area contributed by atoms with Crippen molar-refractivity contribution in [1.29, 1.82) is 0 Å². The number of aromatic amines is 1. The first-order chi connectivity index (χ1) is 22.1. The van der Waals surface area contributed by atoms with Gasteiger partial charge in [0.2, 0.25) is 0 Å². The minimum absolute atomic E-state index is 0.255. The van der Waals surface area contributed by atoms with Crippen molar-refractivity contribution in [2.75, 3.05) is 53.1 Å². The maximum Gasteiger partial charge on any atom is 0.293 e. The first-order valence-corrected chi connectivity index (χ1v) is 16.0. The number of unbranched alkanes of at least 4 members (excludes halogenated alkanes) is 2. The molecule has 0 spiro atoms. The lowest BCUT2D eigenvalue weighted by atomic mass is 9.98. The van der Waals surface area contributed by atoms with Crippen molar-refractivity contribution in [1.82, 2.24) is 30.4 Å². The van der Waals surface area contributed by atoms with E-state index < -0.39 is 0 Å². The average molecular weight is 629 g/mol. The summed E-state index contributed by atoms with van der Waals surface area (Å²) in [6.07, 6.45) is 4.87. The molecule has 2 aliphatic heterocycles. The summed E-state index contributed by atoms with van der Waals surface area (Å²) < 4.78 is 17.7. The number of imide groups is 1. The topological polar surface area (TPSA) is 123 Å². The molecule has 2 fully saturated rings. The fraction of sp³-hybridized carbons (Fsp3) is 0.364. The maximum atomic E-state index is 13.3. The van der Waals surface area contributed by atoms with E-state index in [4.69, 9.17) is 14.2 Å². The van der Waals surface area contributed by atoms with Crippen LogP contribution in [0.4, 0.5) is 4.79 Å². The summed E-state index contributed by atoms with van der Waals surface area (Å²) in [5, 5.41) is 15.9. The molecule has 1 N–H and O–H groups in total. The number of carbonyl (C=O) groups is 2. The number of ether oxygens (including phenoxy) is 3. The second-order valence-corrected chi connectivity index (χ2v) is 11.9. The van der Waals surface area contributed by atoms with Crippen LogP contribution in [0.3, 0.4) is 0 Å². The Kier molecular flexibility index (Phi) is 10.0. The van der Waals surface area contributed by atoms with E-state index in [2.05, 4.69) is 55.9 Å². The lowest BCUT2D eigenvalue weighted by Gasteiger charge is -2.26. The Morgan fingerprint density at radius 3 is 2.64 bits per heavy atom. The molecule has 2 saturated heterocycles. The number of rotatable bonds is 13. The summed E-state index contributed by atoms with van der Waals surface area (Å²) in [5.74, 6) is 1.60. The van der Waals surface area contributed by atoms with Crippen molar-refractivity contribution in [3.05, 3.63) is 70.9 Å². The van der Waals surface area contributed by atoms with Crippen LogP contribution >= 0.6 is 11.8 Å². The van der Waals surface area contributed by atoms with Gasteiger partial charge in [-0.2, -0.15) is 5.21 Å². The molecule has 3 heterocycles. The van der Waals surface area contributed by atoms with E-state index in [1.807, 2.05) is 24.3 Å². The van der Waals surface area contributed by atoms with E-state index in [1.54, 1.807) is 13.2 Å². The molecule has 11 nitrogen and oxygen atoms in total. The van der Waals surface area contributed by atoms with E-state index in [9.17, 15) is 9.59 Å². The highest BCUT2D eigenvalue weighted by atomic mass is 32.2. The number of hydrogen-bond donors (Lipinski definition) is 1. The summed E-state index contributed by atoms with van der Waals surface area (Å²) in [6.45, 7) is 4.86. The molecular formula is C33H36N6O5S. The largest absolute Gasteiger partial charge is 0.493 e. The molecule has 0 bridgehead atoms. The minimum atomic E-state index is -0.278. The Morgan fingerprint density at radius 1 is 1.00 bits per heavy atom. The van der Waals surface area contributed by atoms with Gasteiger partial charge in [0.15, 0.2) is 17.3 Å². The van der Waals surface area contributed by atoms with Gasteiger partial charge >= 0.3 is 0 Å². The Bertz CT molecular complexity index is 1670. The number of thioether (sulfide) groups is 1. The Labute approximate surface area is 265 Å². The summed E-state index contributed by atoms with van der Waals surface area (Å²) in [6, 6.07) is 18.4. The van der Waals surface area contributed by atoms with E-state index in [0.717, 1.165) is 84.9 Å². The number of H-pyrrole nitrogens is 1. The van der Waals surface area contributed by atoms with Gasteiger partial charge < -0.3 is 14.2 Å². The van der Waals surface area contributed by atoms with Gasteiger partial charge in [-0.05, 0) is 70.8 Å². The number of nitrogens with zero attached hydrogens (tertiary/aromatic N) is 5. The highest BCUT2D eigenvalue weighted by molar-refractivity contribution is 8.18. The van der Waals surface area contributed by atoms with Crippen molar-refractivity contribution in [3.63, 3.8) is 0 Å². The van der Waals surface area contributed by atoms with Crippen LogP contribution in [-0.2, 0) is 16.0 Å². The zero-order valence-corrected chi connectivity index (χ0v) is 26.1. The number of fused-ring (bicyclic) bond motifs is 1. The van der Waals surface area contributed by atoms with Crippen LogP contribution in [0.2, 0.25) is 0 Å². The van der Waals surface area contributed by atoms with Crippen molar-refractivity contribution in [2.24, 2.45) is 0 Å². The molecule has 0 saturated carbocycles. The number of aryl methyl sites for hydroxylation is 1. The normalized spacial score (nSPS) is 16.6. The second kappa shape index (κ2) is 14.7. The Morgan fingerprint density at radius 2 is 1.84 bits per heavy atom. The molecule has 2 aliphatic rings. The number of morpholine rings is 1. The lowest BCUT2D eigenvalue weighted by molar-refractivity contribution is -0.122. The third kappa shape index (κ3) is 7.52. The number of aromatic nitrogens is 4. The molecule has 0 unspecified atom stereocenters. The SMILES string of the molecule is COc1cc(C=C2SC(=O)N(CCCCCc3nn[nH]n3)C2=O)cc(-c2ccc3ccccc3c2)c1OCCN1CCOCC1. The first kappa shape index (κ1) is 30.8. The van der Waals surface area contributed by atoms with Gasteiger partial charge in [-0.3, -0.25) is 19.4 Å². The van der Waals surface area contributed by atoms with Crippen molar-refractivity contribution >= 4 is 39.8 Å². The van der Waals surface area contributed by atoms with Crippen LogP contribution in [0.15, 0.2) is 59.5 Å². The highest BCUT2D eigenvalue weighted by Gasteiger charge is 2.34. The molecule has 3 aromatic carbocycles. The lowest BCUT2D eigenvalue weighted by Crippen LogP contribution is -2.38. The van der Waals surface area contributed by atoms with E-state index in [0.29, 0.717) is 48.2 Å². The number of nitrogens with one attached hydrogen (secondary N) is 1. The minimum Gasteiger partial charge on any atom is -0.493 e. The molecule has 234 valence electrons. The van der Waals surface area contributed by atoms with E-state index >= 15 is 0 Å². The summed E-state index contributed by atoms with van der Waals surface area (Å²) in [5.41, 5.74) is 2.58. The Balaban J connectivity index is 1.22.